The predicted octanol–water partition coefficient (Wildman–Crippen LogP) is 3.16. The highest BCUT2D eigenvalue weighted by molar-refractivity contribution is 7.99. The maximum absolute atomic E-state index is 9.99. The molecule has 1 aromatic carbocycles. The van der Waals surface area contributed by atoms with Gasteiger partial charge in [-0.1, -0.05) is 43.8 Å². The minimum atomic E-state index is -0.421. The van der Waals surface area contributed by atoms with E-state index in [0.717, 1.165) is 11.3 Å². The number of aliphatic hydroxyl groups is 1. The summed E-state index contributed by atoms with van der Waals surface area (Å²) in [7, 11) is 1.64. The molecule has 0 aliphatic carbocycles. The lowest BCUT2D eigenvalue weighted by Gasteiger charge is -2.22. The highest BCUT2D eigenvalue weighted by atomic mass is 32.2. The van der Waals surface area contributed by atoms with Gasteiger partial charge in [0.15, 0.2) is 0 Å². The molecular weight excluding hydrogens is 220 g/mol. The molecule has 0 aliphatic heterocycles. The largest absolute Gasteiger partial charge is 0.389 e. The van der Waals surface area contributed by atoms with Gasteiger partial charge in [-0.15, -0.1) is 0 Å². The normalized spacial score (nSPS) is 15.1. The van der Waals surface area contributed by atoms with E-state index < -0.39 is 6.10 Å². The number of rotatable bonds is 6. The fourth-order valence-electron chi connectivity index (χ4n) is 1.51. The summed E-state index contributed by atoms with van der Waals surface area (Å²) in [5.41, 5.74) is -0.190. The summed E-state index contributed by atoms with van der Waals surface area (Å²) >= 11 is 1.57. The third-order valence-corrected chi connectivity index (χ3v) is 3.54. The number of thioether (sulfide) groups is 1. The van der Waals surface area contributed by atoms with Crippen molar-refractivity contribution in [1.29, 1.82) is 0 Å². The van der Waals surface area contributed by atoms with Gasteiger partial charge in [0.05, 0.1) is 6.10 Å². The fourth-order valence-corrected chi connectivity index (χ4v) is 2.46. The van der Waals surface area contributed by atoms with Crippen molar-refractivity contribution < 1.29 is 9.84 Å². The van der Waals surface area contributed by atoms with Gasteiger partial charge in [-0.2, -0.15) is 0 Å². The van der Waals surface area contributed by atoms with Gasteiger partial charge in [0.1, 0.15) is 5.44 Å². The van der Waals surface area contributed by atoms with E-state index in [1.807, 2.05) is 30.3 Å². The lowest BCUT2D eigenvalue weighted by Crippen LogP contribution is -2.26. The van der Waals surface area contributed by atoms with Gasteiger partial charge in [-0.3, -0.25) is 0 Å². The Morgan fingerprint density at radius 3 is 2.38 bits per heavy atom. The van der Waals surface area contributed by atoms with Crippen LogP contribution in [0.2, 0.25) is 0 Å². The molecule has 1 N–H and O–H groups in total. The topological polar surface area (TPSA) is 29.5 Å². The van der Waals surface area contributed by atoms with Crippen molar-refractivity contribution in [3.05, 3.63) is 30.3 Å². The second-order valence-corrected chi connectivity index (χ2v) is 5.40. The molecule has 0 aliphatic rings. The second kappa shape index (κ2) is 6.94. The zero-order valence-electron chi connectivity index (χ0n) is 10.1. The van der Waals surface area contributed by atoms with E-state index in [1.165, 1.54) is 0 Å². The first kappa shape index (κ1) is 13.6. The molecule has 2 atom stereocenters. The predicted molar refractivity (Wildman–Crippen MR) is 68.6 cm³/mol. The van der Waals surface area contributed by atoms with Crippen LogP contribution in [0.1, 0.15) is 20.3 Å². The summed E-state index contributed by atoms with van der Waals surface area (Å²) in [6.07, 6.45) is 0.341. The Labute approximate surface area is 102 Å². The average molecular weight is 240 g/mol. The Morgan fingerprint density at radius 1 is 1.25 bits per heavy atom. The zero-order chi connectivity index (χ0) is 12.0. The van der Waals surface area contributed by atoms with Gasteiger partial charge in [0.2, 0.25) is 0 Å². The molecule has 0 heterocycles. The maximum Gasteiger partial charge on any atom is 0.133 e. The minimum Gasteiger partial charge on any atom is -0.389 e. The Hall–Kier alpha value is -0.510. The molecule has 3 heteroatoms. The van der Waals surface area contributed by atoms with E-state index in [4.69, 9.17) is 4.74 Å². The molecule has 2 unspecified atom stereocenters. The van der Waals surface area contributed by atoms with Crippen molar-refractivity contribution in [3.8, 4) is 0 Å². The van der Waals surface area contributed by atoms with Crippen LogP contribution in [0.25, 0.3) is 0 Å². The monoisotopic (exact) mass is 240 g/mol. The third-order valence-electron chi connectivity index (χ3n) is 2.25. The van der Waals surface area contributed by atoms with Crippen LogP contribution in [-0.2, 0) is 4.74 Å². The van der Waals surface area contributed by atoms with Gasteiger partial charge in [-0.05, 0) is 24.5 Å². The Balaban J connectivity index is 2.55. The van der Waals surface area contributed by atoms with Crippen molar-refractivity contribution in [2.75, 3.05) is 7.11 Å². The standard InChI is InChI=1S/C13H20O2S/c1-10(2)9-12(14)13(15-3)16-11-7-5-4-6-8-11/h4-8,10,12-14H,9H2,1-3H3. The number of methoxy groups -OCH3 is 1. The third kappa shape index (κ3) is 4.56. The van der Waals surface area contributed by atoms with Gasteiger partial charge in [-0.25, -0.2) is 0 Å². The summed E-state index contributed by atoms with van der Waals surface area (Å²) in [5.74, 6) is 0.476. The summed E-state index contributed by atoms with van der Waals surface area (Å²) in [4.78, 5) is 1.12. The summed E-state index contributed by atoms with van der Waals surface area (Å²) in [6.45, 7) is 4.20. The van der Waals surface area contributed by atoms with Gasteiger partial charge >= 0.3 is 0 Å². The maximum atomic E-state index is 9.99. The van der Waals surface area contributed by atoms with Crippen molar-refractivity contribution in [2.45, 2.75) is 36.7 Å². The van der Waals surface area contributed by atoms with Crippen LogP contribution in [0.4, 0.5) is 0 Å². The molecule has 0 aromatic heterocycles. The van der Waals surface area contributed by atoms with Crippen molar-refractivity contribution >= 4 is 11.8 Å². The summed E-state index contributed by atoms with van der Waals surface area (Å²) in [6, 6.07) is 10.0. The lowest BCUT2D eigenvalue weighted by atomic mass is 10.1. The SMILES string of the molecule is COC(Sc1ccccc1)C(O)CC(C)C. The zero-order valence-corrected chi connectivity index (χ0v) is 10.9. The fraction of sp³-hybridized carbons (Fsp3) is 0.538. The molecule has 0 fully saturated rings. The highest BCUT2D eigenvalue weighted by Gasteiger charge is 2.20. The number of aliphatic hydroxyl groups excluding tert-OH is 1. The summed E-state index contributed by atoms with van der Waals surface area (Å²) in [5, 5.41) is 9.99. The Bertz CT molecular complexity index is 287. The number of hydrogen-bond donors (Lipinski definition) is 1. The van der Waals surface area contributed by atoms with E-state index in [1.54, 1.807) is 18.9 Å². The van der Waals surface area contributed by atoms with Crippen molar-refractivity contribution in [1.82, 2.24) is 0 Å². The van der Waals surface area contributed by atoms with Gasteiger partial charge < -0.3 is 9.84 Å². The molecule has 16 heavy (non-hydrogen) atoms. The quantitative estimate of drug-likeness (QED) is 0.612. The number of benzene rings is 1. The first-order valence-corrected chi connectivity index (χ1v) is 6.44. The molecule has 1 rings (SSSR count). The molecule has 90 valence electrons. The smallest absolute Gasteiger partial charge is 0.133 e. The van der Waals surface area contributed by atoms with Crippen LogP contribution in [0, 0.1) is 5.92 Å². The molecule has 0 saturated heterocycles. The molecule has 0 radical (unpaired) electrons. The first-order chi connectivity index (χ1) is 7.63. The second-order valence-electron chi connectivity index (χ2n) is 4.23. The molecule has 0 saturated carbocycles. The Morgan fingerprint density at radius 2 is 1.88 bits per heavy atom. The van der Waals surface area contributed by atoms with Crippen LogP contribution in [-0.4, -0.2) is 23.8 Å². The van der Waals surface area contributed by atoms with Crippen LogP contribution in [0.15, 0.2) is 35.2 Å². The van der Waals surface area contributed by atoms with E-state index in [9.17, 15) is 5.11 Å². The number of hydrogen-bond acceptors (Lipinski definition) is 3. The molecule has 0 spiro atoms. The van der Waals surface area contributed by atoms with E-state index in [0.29, 0.717) is 5.92 Å². The van der Waals surface area contributed by atoms with Crippen LogP contribution in [0.5, 0.6) is 0 Å². The highest BCUT2D eigenvalue weighted by Crippen LogP contribution is 2.27. The molecule has 2 nitrogen and oxygen atoms in total. The van der Waals surface area contributed by atoms with Gasteiger partial charge in [0, 0.05) is 12.0 Å². The number of ether oxygens (including phenoxy) is 1. The molecular formula is C13H20O2S. The molecule has 0 bridgehead atoms. The summed E-state index contributed by atoms with van der Waals surface area (Å²) < 4.78 is 5.33. The molecule has 1 aromatic rings. The van der Waals surface area contributed by atoms with Gasteiger partial charge in [0.25, 0.3) is 0 Å². The van der Waals surface area contributed by atoms with Crippen LogP contribution >= 0.6 is 11.8 Å². The minimum absolute atomic E-state index is 0.190. The van der Waals surface area contributed by atoms with E-state index >= 15 is 0 Å². The first-order valence-electron chi connectivity index (χ1n) is 5.56. The van der Waals surface area contributed by atoms with E-state index in [2.05, 4.69) is 13.8 Å². The van der Waals surface area contributed by atoms with Crippen LogP contribution < -0.4 is 0 Å². The van der Waals surface area contributed by atoms with Crippen LogP contribution in [0.3, 0.4) is 0 Å². The lowest BCUT2D eigenvalue weighted by molar-refractivity contribution is 0.0300. The van der Waals surface area contributed by atoms with Crippen molar-refractivity contribution in [3.63, 3.8) is 0 Å². The Kier molecular flexibility index (Phi) is 5.88. The molecule has 0 amide bonds. The average Bonchev–Trinajstić information content (AvgIpc) is 2.26. The van der Waals surface area contributed by atoms with Crippen molar-refractivity contribution in [2.24, 2.45) is 5.92 Å². The van der Waals surface area contributed by atoms with E-state index in [-0.39, 0.29) is 5.44 Å².